The average molecular weight is 247 g/mol. The first-order chi connectivity index (χ1) is 8.72. The number of carbonyl (C=O) groups excluding carboxylic acids is 1. The van der Waals surface area contributed by atoms with Crippen molar-refractivity contribution in [3.05, 3.63) is 35.9 Å². The van der Waals surface area contributed by atoms with E-state index in [4.69, 9.17) is 10.5 Å². The lowest BCUT2D eigenvalue weighted by Gasteiger charge is -2.31. The van der Waals surface area contributed by atoms with E-state index in [0.717, 1.165) is 12.8 Å². The second-order valence-electron chi connectivity index (χ2n) is 5.07. The summed E-state index contributed by atoms with van der Waals surface area (Å²) in [5.74, 6) is 0.701. The number of ether oxygens (including phenoxy) is 1. The number of methoxy groups -OCH3 is 1. The molecule has 0 aromatic heterocycles. The summed E-state index contributed by atoms with van der Waals surface area (Å²) in [6.45, 7) is 0.456. The molecule has 98 valence electrons. The molecule has 1 fully saturated rings. The van der Waals surface area contributed by atoms with Crippen molar-refractivity contribution >= 4 is 5.78 Å². The van der Waals surface area contributed by atoms with Crippen LogP contribution < -0.4 is 5.73 Å². The van der Waals surface area contributed by atoms with Crippen LogP contribution in [0.15, 0.2) is 30.3 Å². The van der Waals surface area contributed by atoms with E-state index in [-0.39, 0.29) is 12.0 Å². The van der Waals surface area contributed by atoms with E-state index in [1.807, 2.05) is 6.07 Å². The molecule has 0 radical (unpaired) electrons. The molecule has 0 bridgehead atoms. The molecule has 3 atom stereocenters. The highest BCUT2D eigenvalue weighted by molar-refractivity contribution is 5.82. The van der Waals surface area contributed by atoms with Crippen LogP contribution in [0.4, 0.5) is 0 Å². The Morgan fingerprint density at radius 3 is 2.78 bits per heavy atom. The van der Waals surface area contributed by atoms with Crippen LogP contribution in [0.2, 0.25) is 0 Å². The molecule has 1 aliphatic rings. The lowest BCUT2D eigenvalue weighted by atomic mass is 9.74. The van der Waals surface area contributed by atoms with Gasteiger partial charge in [-0.1, -0.05) is 30.3 Å². The number of rotatable bonds is 4. The zero-order valence-electron chi connectivity index (χ0n) is 10.8. The largest absolute Gasteiger partial charge is 0.383 e. The molecule has 0 amide bonds. The molecule has 3 nitrogen and oxygen atoms in total. The molecule has 1 aromatic carbocycles. The molecular formula is C15H21NO2. The smallest absolute Gasteiger partial charge is 0.137 e. The molecule has 0 spiro atoms. The SMILES string of the molecule is COCC(N)C1CC(c2ccccc2)CCC1=O. The van der Waals surface area contributed by atoms with Crippen LogP contribution in [0, 0.1) is 5.92 Å². The quantitative estimate of drug-likeness (QED) is 0.886. The summed E-state index contributed by atoms with van der Waals surface area (Å²) in [4.78, 5) is 12.0. The molecule has 18 heavy (non-hydrogen) atoms. The number of benzene rings is 1. The minimum atomic E-state index is -0.172. The Kier molecular flexibility index (Phi) is 4.50. The van der Waals surface area contributed by atoms with Gasteiger partial charge in [-0.15, -0.1) is 0 Å². The van der Waals surface area contributed by atoms with Gasteiger partial charge in [0.1, 0.15) is 5.78 Å². The molecule has 3 unspecified atom stereocenters. The first-order valence-electron chi connectivity index (χ1n) is 6.54. The lowest BCUT2D eigenvalue weighted by Crippen LogP contribution is -2.41. The standard InChI is InChI=1S/C15H21NO2/c1-18-10-14(16)13-9-12(7-8-15(13)17)11-5-3-2-4-6-11/h2-6,12-14H,7-10,16H2,1H3. The Bertz CT molecular complexity index is 391. The minimum Gasteiger partial charge on any atom is -0.383 e. The highest BCUT2D eigenvalue weighted by Gasteiger charge is 2.33. The van der Waals surface area contributed by atoms with E-state index >= 15 is 0 Å². The van der Waals surface area contributed by atoms with E-state index in [0.29, 0.717) is 24.7 Å². The Labute approximate surface area is 108 Å². The van der Waals surface area contributed by atoms with Crippen LogP contribution in [0.3, 0.4) is 0 Å². The number of ketones is 1. The van der Waals surface area contributed by atoms with Crippen LogP contribution >= 0.6 is 0 Å². The second-order valence-corrected chi connectivity index (χ2v) is 5.07. The van der Waals surface area contributed by atoms with Gasteiger partial charge in [0.05, 0.1) is 6.61 Å². The fourth-order valence-electron chi connectivity index (χ4n) is 2.81. The maximum absolute atomic E-state index is 12.0. The lowest BCUT2D eigenvalue weighted by molar-refractivity contribution is -0.126. The number of carbonyl (C=O) groups is 1. The molecular weight excluding hydrogens is 226 g/mol. The normalized spacial score (nSPS) is 26.0. The highest BCUT2D eigenvalue weighted by Crippen LogP contribution is 2.35. The predicted octanol–water partition coefficient (Wildman–Crippen LogP) is 2.11. The Balaban J connectivity index is 2.06. The van der Waals surface area contributed by atoms with Crippen LogP contribution in [-0.4, -0.2) is 25.5 Å². The van der Waals surface area contributed by atoms with Crippen molar-refractivity contribution in [2.24, 2.45) is 11.7 Å². The van der Waals surface area contributed by atoms with E-state index < -0.39 is 0 Å². The fraction of sp³-hybridized carbons (Fsp3) is 0.533. The van der Waals surface area contributed by atoms with Crippen LogP contribution in [0.1, 0.15) is 30.7 Å². The summed E-state index contributed by atoms with van der Waals surface area (Å²) >= 11 is 0. The third-order valence-corrected chi connectivity index (χ3v) is 3.84. The Hall–Kier alpha value is -1.19. The zero-order valence-corrected chi connectivity index (χ0v) is 10.8. The molecule has 2 rings (SSSR count). The molecule has 0 heterocycles. The van der Waals surface area contributed by atoms with Gasteiger partial charge in [0.2, 0.25) is 0 Å². The number of hydrogen-bond donors (Lipinski definition) is 1. The predicted molar refractivity (Wildman–Crippen MR) is 71.4 cm³/mol. The van der Waals surface area contributed by atoms with Gasteiger partial charge in [0.15, 0.2) is 0 Å². The van der Waals surface area contributed by atoms with Gasteiger partial charge in [-0.3, -0.25) is 4.79 Å². The van der Waals surface area contributed by atoms with Crippen molar-refractivity contribution in [1.29, 1.82) is 0 Å². The average Bonchev–Trinajstić information content (AvgIpc) is 2.40. The van der Waals surface area contributed by atoms with Crippen molar-refractivity contribution in [3.63, 3.8) is 0 Å². The maximum atomic E-state index is 12.0. The molecule has 1 aromatic rings. The van der Waals surface area contributed by atoms with Gasteiger partial charge in [0, 0.05) is 25.5 Å². The van der Waals surface area contributed by atoms with Crippen molar-refractivity contribution < 1.29 is 9.53 Å². The second kappa shape index (κ2) is 6.12. The Morgan fingerprint density at radius 1 is 1.39 bits per heavy atom. The monoisotopic (exact) mass is 247 g/mol. The fourth-order valence-corrected chi connectivity index (χ4v) is 2.81. The Morgan fingerprint density at radius 2 is 2.11 bits per heavy atom. The molecule has 1 saturated carbocycles. The van der Waals surface area contributed by atoms with Crippen molar-refractivity contribution in [2.75, 3.05) is 13.7 Å². The van der Waals surface area contributed by atoms with E-state index in [1.54, 1.807) is 7.11 Å². The van der Waals surface area contributed by atoms with Crippen LogP contribution in [0.25, 0.3) is 0 Å². The first-order valence-corrected chi connectivity index (χ1v) is 6.54. The van der Waals surface area contributed by atoms with Gasteiger partial charge >= 0.3 is 0 Å². The van der Waals surface area contributed by atoms with Gasteiger partial charge in [0.25, 0.3) is 0 Å². The van der Waals surface area contributed by atoms with Crippen LogP contribution in [0.5, 0.6) is 0 Å². The summed E-state index contributed by atoms with van der Waals surface area (Å²) in [6, 6.07) is 10.2. The summed E-state index contributed by atoms with van der Waals surface area (Å²) in [7, 11) is 1.63. The maximum Gasteiger partial charge on any atom is 0.137 e. The van der Waals surface area contributed by atoms with E-state index in [1.165, 1.54) is 5.56 Å². The van der Waals surface area contributed by atoms with Crippen molar-refractivity contribution in [2.45, 2.75) is 31.2 Å². The zero-order chi connectivity index (χ0) is 13.0. The van der Waals surface area contributed by atoms with Gasteiger partial charge in [-0.25, -0.2) is 0 Å². The molecule has 0 aliphatic heterocycles. The molecule has 2 N–H and O–H groups in total. The topological polar surface area (TPSA) is 52.3 Å². The summed E-state index contributed by atoms with van der Waals surface area (Å²) in [6.07, 6.45) is 2.44. The van der Waals surface area contributed by atoms with Crippen LogP contribution in [-0.2, 0) is 9.53 Å². The van der Waals surface area contributed by atoms with Gasteiger partial charge in [-0.2, -0.15) is 0 Å². The van der Waals surface area contributed by atoms with E-state index in [9.17, 15) is 4.79 Å². The number of hydrogen-bond acceptors (Lipinski definition) is 3. The van der Waals surface area contributed by atoms with Crippen molar-refractivity contribution in [3.8, 4) is 0 Å². The van der Waals surface area contributed by atoms with Gasteiger partial charge in [-0.05, 0) is 24.3 Å². The third kappa shape index (κ3) is 2.98. The first kappa shape index (κ1) is 13.2. The molecule has 3 heteroatoms. The third-order valence-electron chi connectivity index (χ3n) is 3.84. The molecule has 0 saturated heterocycles. The van der Waals surface area contributed by atoms with Gasteiger partial charge < -0.3 is 10.5 Å². The van der Waals surface area contributed by atoms with Crippen molar-refractivity contribution in [1.82, 2.24) is 0 Å². The molecule has 1 aliphatic carbocycles. The van der Waals surface area contributed by atoms with E-state index in [2.05, 4.69) is 24.3 Å². The summed E-state index contributed by atoms with van der Waals surface area (Å²) < 4.78 is 5.07. The highest BCUT2D eigenvalue weighted by atomic mass is 16.5. The summed E-state index contributed by atoms with van der Waals surface area (Å²) in [5.41, 5.74) is 7.36. The number of Topliss-reactive ketones (excluding diaryl/α,β-unsaturated/α-hetero) is 1. The summed E-state index contributed by atoms with van der Waals surface area (Å²) in [5, 5.41) is 0. The number of nitrogens with two attached hydrogens (primary N) is 1. The minimum absolute atomic E-state index is 0.0519.